The molecule has 2 aromatic carbocycles. The van der Waals surface area contributed by atoms with Crippen molar-refractivity contribution in [1.29, 1.82) is 0 Å². The van der Waals surface area contributed by atoms with Crippen LogP contribution in [-0.4, -0.2) is 27.4 Å². The molecule has 0 aliphatic heterocycles. The quantitative estimate of drug-likeness (QED) is 0.332. The fraction of sp³-hybridized carbons (Fsp3) is 0.286. The second-order valence-corrected chi connectivity index (χ2v) is 10.2. The number of halogens is 3. The van der Waals surface area contributed by atoms with Crippen LogP contribution in [0.5, 0.6) is 5.75 Å². The van der Waals surface area contributed by atoms with Crippen LogP contribution < -0.4 is 10.1 Å². The number of carbonyl (C=O) groups excluding carboxylic acids is 1. The third-order valence-electron chi connectivity index (χ3n) is 5.84. The van der Waals surface area contributed by atoms with E-state index in [9.17, 15) is 18.0 Å². The molecule has 1 amide bonds. The Morgan fingerprint density at radius 1 is 0.917 bits per heavy atom. The van der Waals surface area contributed by atoms with Crippen LogP contribution in [0, 0.1) is 0 Å². The van der Waals surface area contributed by atoms with Gasteiger partial charge < -0.3 is 10.1 Å². The highest BCUT2D eigenvalue weighted by Crippen LogP contribution is 2.35. The number of nitrogens with zero attached hydrogens (tertiary/aromatic N) is 2. The van der Waals surface area contributed by atoms with Gasteiger partial charge in [-0.3, -0.25) is 9.36 Å². The van der Waals surface area contributed by atoms with Gasteiger partial charge in [-0.25, -0.2) is 4.98 Å². The minimum Gasteiger partial charge on any atom is -0.406 e. The first-order chi connectivity index (χ1) is 16.7. The van der Waals surface area contributed by atoms with Gasteiger partial charge >= 0.3 is 6.36 Å². The molecule has 1 N–H and O–H groups in total. The van der Waals surface area contributed by atoms with Crippen LogP contribution in [0.2, 0.25) is 0 Å². The third kappa shape index (κ3) is 5.37. The van der Waals surface area contributed by atoms with Gasteiger partial charge in [-0.1, -0.05) is 12.1 Å². The first-order valence-electron chi connectivity index (χ1n) is 11.5. The van der Waals surface area contributed by atoms with E-state index in [1.807, 2.05) is 81.7 Å². The molecule has 0 aliphatic carbocycles. The average molecular weight is 496 g/mol. The highest BCUT2D eigenvalue weighted by molar-refractivity contribution is 5.93. The summed E-state index contributed by atoms with van der Waals surface area (Å²) in [5, 5.41) is 3.92. The highest BCUT2D eigenvalue weighted by Gasteiger charge is 2.33. The molecule has 0 saturated heterocycles. The maximum atomic E-state index is 13.0. The molecule has 0 fully saturated rings. The van der Waals surface area contributed by atoms with Gasteiger partial charge in [0.1, 0.15) is 11.6 Å². The summed E-state index contributed by atoms with van der Waals surface area (Å²) in [6, 6.07) is 19.1. The van der Waals surface area contributed by atoms with Crippen LogP contribution in [0.25, 0.3) is 28.0 Å². The van der Waals surface area contributed by atoms with E-state index in [0.717, 1.165) is 22.2 Å². The Morgan fingerprint density at radius 2 is 1.61 bits per heavy atom. The standard InChI is InChI=1S/C28H28F3N3O2/c1-26(2,3)33-25(35)27(4,5)20-11-14-22-19(16-20)17-23(34(22)24-8-6-7-15-32-24)18-9-12-21(13-10-18)36-28(29,30)31/h6-17H,1-5H3,(H,33,35). The Balaban J connectivity index is 1.82. The number of carbonyl (C=O) groups is 1. The fourth-order valence-electron chi connectivity index (χ4n) is 4.00. The van der Waals surface area contributed by atoms with E-state index in [1.54, 1.807) is 18.3 Å². The van der Waals surface area contributed by atoms with Gasteiger partial charge in [-0.15, -0.1) is 13.2 Å². The second kappa shape index (κ2) is 9.00. The molecule has 0 radical (unpaired) electrons. The van der Waals surface area contributed by atoms with E-state index < -0.39 is 11.8 Å². The van der Waals surface area contributed by atoms with Crippen molar-refractivity contribution in [2.45, 2.75) is 51.9 Å². The predicted octanol–water partition coefficient (Wildman–Crippen LogP) is 6.78. The van der Waals surface area contributed by atoms with Gasteiger partial charge in [0.2, 0.25) is 5.91 Å². The number of hydrogen-bond donors (Lipinski definition) is 1. The summed E-state index contributed by atoms with van der Waals surface area (Å²) in [5.41, 5.74) is 1.99. The van der Waals surface area contributed by atoms with Gasteiger partial charge in [0.15, 0.2) is 0 Å². The van der Waals surface area contributed by atoms with E-state index in [2.05, 4.69) is 15.0 Å². The molecule has 0 spiro atoms. The molecule has 4 aromatic rings. The van der Waals surface area contributed by atoms with Gasteiger partial charge in [0.05, 0.1) is 16.6 Å². The lowest BCUT2D eigenvalue weighted by Gasteiger charge is -2.30. The van der Waals surface area contributed by atoms with Crippen molar-refractivity contribution < 1.29 is 22.7 Å². The Labute approximate surface area is 207 Å². The molecule has 36 heavy (non-hydrogen) atoms. The van der Waals surface area contributed by atoms with E-state index >= 15 is 0 Å². The lowest BCUT2D eigenvalue weighted by Crippen LogP contribution is -2.48. The number of fused-ring (bicyclic) bond motifs is 1. The van der Waals surface area contributed by atoms with E-state index in [-0.39, 0.29) is 17.2 Å². The van der Waals surface area contributed by atoms with Gasteiger partial charge in [-0.2, -0.15) is 0 Å². The van der Waals surface area contributed by atoms with Crippen molar-refractivity contribution in [1.82, 2.24) is 14.9 Å². The Kier molecular flexibility index (Phi) is 6.32. The van der Waals surface area contributed by atoms with E-state index in [0.29, 0.717) is 11.4 Å². The lowest BCUT2D eigenvalue weighted by molar-refractivity contribution is -0.274. The summed E-state index contributed by atoms with van der Waals surface area (Å²) < 4.78 is 43.8. The molecule has 5 nitrogen and oxygen atoms in total. The summed E-state index contributed by atoms with van der Waals surface area (Å²) in [6.45, 7) is 9.58. The lowest BCUT2D eigenvalue weighted by atomic mass is 9.82. The molecule has 2 heterocycles. The Morgan fingerprint density at radius 3 is 2.19 bits per heavy atom. The zero-order valence-electron chi connectivity index (χ0n) is 20.8. The maximum Gasteiger partial charge on any atom is 0.573 e. The smallest absolute Gasteiger partial charge is 0.406 e. The number of aromatic nitrogens is 2. The van der Waals surface area contributed by atoms with Gasteiger partial charge in [0, 0.05) is 17.1 Å². The third-order valence-corrected chi connectivity index (χ3v) is 5.84. The molecule has 0 saturated carbocycles. The number of nitrogens with one attached hydrogen (secondary N) is 1. The van der Waals surface area contributed by atoms with Crippen LogP contribution in [0.4, 0.5) is 13.2 Å². The van der Waals surface area contributed by atoms with Crippen molar-refractivity contribution >= 4 is 16.8 Å². The van der Waals surface area contributed by atoms with Crippen LogP contribution in [-0.2, 0) is 10.2 Å². The molecule has 188 valence electrons. The Hall–Kier alpha value is -3.81. The highest BCUT2D eigenvalue weighted by atomic mass is 19.4. The Bertz CT molecular complexity index is 1380. The molecular weight excluding hydrogens is 467 g/mol. The molecule has 2 aromatic heterocycles. The number of ether oxygens (including phenoxy) is 1. The summed E-state index contributed by atoms with van der Waals surface area (Å²) >= 11 is 0. The molecule has 0 atom stereocenters. The molecule has 0 unspecified atom stereocenters. The van der Waals surface area contributed by atoms with Crippen LogP contribution in [0.1, 0.15) is 40.2 Å². The first-order valence-corrected chi connectivity index (χ1v) is 11.5. The number of hydrogen-bond acceptors (Lipinski definition) is 3. The average Bonchev–Trinajstić information content (AvgIpc) is 3.16. The van der Waals surface area contributed by atoms with Crippen molar-refractivity contribution in [3.63, 3.8) is 0 Å². The van der Waals surface area contributed by atoms with Gasteiger partial charge in [0.25, 0.3) is 0 Å². The molecule has 0 bridgehead atoms. The topological polar surface area (TPSA) is 56.1 Å². The molecule has 8 heteroatoms. The zero-order valence-corrected chi connectivity index (χ0v) is 20.8. The van der Waals surface area contributed by atoms with Crippen LogP contribution >= 0.6 is 0 Å². The first kappa shape index (κ1) is 25.3. The minimum atomic E-state index is -4.76. The number of rotatable bonds is 5. The van der Waals surface area contributed by atoms with Crippen molar-refractivity contribution in [2.24, 2.45) is 0 Å². The van der Waals surface area contributed by atoms with Gasteiger partial charge in [-0.05, 0) is 100 Å². The zero-order chi connectivity index (χ0) is 26.3. The summed E-state index contributed by atoms with van der Waals surface area (Å²) in [7, 11) is 0. The largest absolute Gasteiger partial charge is 0.573 e. The molecule has 0 aliphatic rings. The second-order valence-electron chi connectivity index (χ2n) is 10.2. The number of amides is 1. The summed E-state index contributed by atoms with van der Waals surface area (Å²) in [5.74, 6) is 0.287. The van der Waals surface area contributed by atoms with E-state index in [1.165, 1.54) is 12.1 Å². The number of pyridine rings is 1. The fourth-order valence-corrected chi connectivity index (χ4v) is 4.00. The van der Waals surface area contributed by atoms with Crippen molar-refractivity contribution in [3.8, 4) is 22.8 Å². The SMILES string of the molecule is CC(C)(C)NC(=O)C(C)(C)c1ccc2c(c1)cc(-c1ccc(OC(F)(F)F)cc1)n2-c1ccccn1. The molecule has 4 rings (SSSR count). The maximum absolute atomic E-state index is 13.0. The van der Waals surface area contributed by atoms with Crippen LogP contribution in [0.15, 0.2) is 72.9 Å². The normalized spacial score (nSPS) is 12.6. The van der Waals surface area contributed by atoms with Crippen LogP contribution in [0.3, 0.4) is 0 Å². The van der Waals surface area contributed by atoms with Crippen molar-refractivity contribution in [2.75, 3.05) is 0 Å². The van der Waals surface area contributed by atoms with Crippen molar-refractivity contribution in [3.05, 3.63) is 78.5 Å². The summed E-state index contributed by atoms with van der Waals surface area (Å²) in [6.07, 6.45) is -3.08. The molecular formula is C28H28F3N3O2. The summed E-state index contributed by atoms with van der Waals surface area (Å²) in [4.78, 5) is 17.5. The predicted molar refractivity (Wildman–Crippen MR) is 134 cm³/mol. The number of benzene rings is 2. The minimum absolute atomic E-state index is 0.0843. The van der Waals surface area contributed by atoms with E-state index in [4.69, 9.17) is 0 Å². The number of alkyl halides is 3. The monoisotopic (exact) mass is 495 g/mol.